The van der Waals surface area contributed by atoms with Gasteiger partial charge in [-0.15, -0.1) is 17.9 Å². The topological polar surface area (TPSA) is 114 Å². The number of aromatic nitrogens is 2. The number of aliphatic hydroxyl groups is 1. The monoisotopic (exact) mass is 714 g/mol. The Balaban J connectivity index is 1.20. The zero-order chi connectivity index (χ0) is 35.4. The number of Topliss-reactive ketones (excluding diaryl/α,β-unsaturated/α-hetero) is 1. The molecule has 3 aromatic rings. The Morgan fingerprint density at radius 2 is 1.94 bits per heavy atom. The molecule has 3 aliphatic rings. The van der Waals surface area contributed by atoms with E-state index < -0.39 is 40.7 Å². The molecule has 3 aliphatic carbocycles. The standard InChI is InChI=1S/C36H41F3N4O4S2/c1-6-33(4)17-26(34(5)20(2)11-14-35(21(3)29(33)46)15-12-25(44)28(34)35)47-27(45)19-49-32-41-30(24-13-16-48-31(24)42-32)43-40-18-22-7-9-23(10-8-22)36(37,38)39/h6-10,13,16,18,20-21,26,28-29,46H,1,11-12,14-15,17,19H2,2-5H3,(H,41,42,43)/b40-18+/t20-,21+,26-,28+,29+,33-,34+,35+/m1/s1. The molecule has 2 N–H and O–H groups in total. The van der Waals surface area contributed by atoms with E-state index in [9.17, 15) is 27.9 Å². The molecular weight excluding hydrogens is 674 g/mol. The lowest BCUT2D eigenvalue weighted by Gasteiger charge is -2.61. The third-order valence-electron chi connectivity index (χ3n) is 11.8. The smallest absolute Gasteiger partial charge is 0.416 e. The van der Waals surface area contributed by atoms with Crippen molar-refractivity contribution in [3.05, 3.63) is 59.5 Å². The van der Waals surface area contributed by atoms with Crippen molar-refractivity contribution in [2.24, 2.45) is 39.1 Å². The van der Waals surface area contributed by atoms with Crippen molar-refractivity contribution in [3.8, 4) is 0 Å². The molecule has 8 nitrogen and oxygen atoms in total. The van der Waals surface area contributed by atoms with Gasteiger partial charge in [-0.2, -0.15) is 18.3 Å². The summed E-state index contributed by atoms with van der Waals surface area (Å²) in [6.07, 6.45) is 0.678. The molecule has 1 aromatic carbocycles. The number of esters is 1. The minimum atomic E-state index is -4.42. The van der Waals surface area contributed by atoms with Gasteiger partial charge in [-0.3, -0.25) is 15.0 Å². The van der Waals surface area contributed by atoms with Crippen molar-refractivity contribution in [2.45, 2.75) is 83.3 Å². The SMILES string of the molecule is C=C[C@]1(C)C[C@@H](OC(=O)CSc2nc(N/N=C/c3ccc(C(F)(F)F)cc3)c3ccsc3n2)[C@]2(C)[C@H](C)CC[C@]3(CCC(=O)[C@H]32)[C@@H](C)[C@@H]1O. The van der Waals surface area contributed by atoms with Crippen LogP contribution in [0.25, 0.3) is 10.2 Å². The summed E-state index contributed by atoms with van der Waals surface area (Å²) >= 11 is 2.51. The summed E-state index contributed by atoms with van der Waals surface area (Å²) in [5.74, 6) is -0.272. The molecule has 6 rings (SSSR count). The molecule has 8 atom stereocenters. The number of hydrogen-bond acceptors (Lipinski definition) is 10. The van der Waals surface area contributed by atoms with E-state index in [1.54, 1.807) is 6.08 Å². The molecule has 0 saturated heterocycles. The maximum absolute atomic E-state index is 13.7. The number of thioether (sulfide) groups is 1. The van der Waals surface area contributed by atoms with E-state index in [-0.39, 0.29) is 34.7 Å². The Labute approximate surface area is 292 Å². The number of carbonyl (C=O) groups is 2. The number of rotatable bonds is 8. The van der Waals surface area contributed by atoms with Gasteiger partial charge in [-0.25, -0.2) is 9.97 Å². The van der Waals surface area contributed by atoms with Gasteiger partial charge in [0.1, 0.15) is 16.7 Å². The second-order valence-electron chi connectivity index (χ2n) is 14.3. The lowest BCUT2D eigenvalue weighted by molar-refractivity contribution is -0.205. The Morgan fingerprint density at radius 1 is 1.20 bits per heavy atom. The highest BCUT2D eigenvalue weighted by Gasteiger charge is 2.68. The molecule has 3 fully saturated rings. The number of halogens is 3. The summed E-state index contributed by atoms with van der Waals surface area (Å²) in [6, 6.07) is 6.46. The van der Waals surface area contributed by atoms with Crippen molar-refractivity contribution in [3.63, 3.8) is 0 Å². The number of benzene rings is 1. The van der Waals surface area contributed by atoms with Crippen molar-refractivity contribution in [2.75, 3.05) is 11.2 Å². The fraction of sp³-hybridized carbons (Fsp3) is 0.528. The van der Waals surface area contributed by atoms with Gasteiger partial charge in [0, 0.05) is 23.2 Å². The van der Waals surface area contributed by atoms with E-state index in [2.05, 4.69) is 47.8 Å². The van der Waals surface area contributed by atoms with Crippen LogP contribution < -0.4 is 5.43 Å². The first-order valence-electron chi connectivity index (χ1n) is 16.5. The van der Waals surface area contributed by atoms with E-state index in [0.29, 0.717) is 39.6 Å². The van der Waals surface area contributed by atoms with Gasteiger partial charge in [0.05, 0.1) is 29.0 Å². The third-order valence-corrected chi connectivity index (χ3v) is 13.4. The third kappa shape index (κ3) is 6.31. The van der Waals surface area contributed by atoms with Gasteiger partial charge in [-0.05, 0) is 72.1 Å². The van der Waals surface area contributed by atoms with Gasteiger partial charge in [-0.1, -0.05) is 57.7 Å². The van der Waals surface area contributed by atoms with Crippen LogP contribution in [0.5, 0.6) is 0 Å². The first-order valence-corrected chi connectivity index (χ1v) is 18.4. The van der Waals surface area contributed by atoms with Crippen molar-refractivity contribution < 1.29 is 32.6 Å². The number of hydrogen-bond donors (Lipinski definition) is 2. The number of ether oxygens (including phenoxy) is 1. The first kappa shape index (κ1) is 35.5. The minimum Gasteiger partial charge on any atom is -0.461 e. The van der Waals surface area contributed by atoms with Crippen LogP contribution in [0.2, 0.25) is 0 Å². The fourth-order valence-corrected chi connectivity index (χ4v) is 10.2. The summed E-state index contributed by atoms with van der Waals surface area (Å²) < 4.78 is 45.1. The number of nitrogens with zero attached hydrogens (tertiary/aromatic N) is 3. The Kier molecular flexibility index (Phi) is 9.51. The molecule has 262 valence electrons. The summed E-state index contributed by atoms with van der Waals surface area (Å²) in [7, 11) is 0. The molecule has 0 aliphatic heterocycles. The van der Waals surface area contributed by atoms with Crippen molar-refractivity contribution in [1.29, 1.82) is 0 Å². The number of alkyl halides is 3. The van der Waals surface area contributed by atoms with Gasteiger partial charge in [0.25, 0.3) is 0 Å². The molecule has 0 unspecified atom stereocenters. The number of aliphatic hydroxyl groups excluding tert-OH is 1. The number of fused-ring (bicyclic) bond motifs is 1. The van der Waals surface area contributed by atoms with Gasteiger partial charge in [0.15, 0.2) is 11.0 Å². The molecule has 0 amide bonds. The highest BCUT2D eigenvalue weighted by molar-refractivity contribution is 7.99. The molecule has 2 aromatic heterocycles. The van der Waals surface area contributed by atoms with E-state index in [1.165, 1.54) is 29.7 Å². The van der Waals surface area contributed by atoms with Crippen LogP contribution in [0, 0.1) is 34.0 Å². The molecule has 2 bridgehead atoms. The second kappa shape index (κ2) is 13.1. The molecule has 3 saturated carbocycles. The van der Waals surface area contributed by atoms with Crippen molar-refractivity contribution >= 4 is 57.1 Å². The summed E-state index contributed by atoms with van der Waals surface area (Å²) in [5.41, 5.74) is 0.891. The lowest BCUT2D eigenvalue weighted by Crippen LogP contribution is -2.63. The highest BCUT2D eigenvalue weighted by Crippen LogP contribution is 2.68. The zero-order valence-electron chi connectivity index (χ0n) is 27.9. The second-order valence-corrected chi connectivity index (χ2v) is 16.2. The lowest BCUT2D eigenvalue weighted by atomic mass is 9.44. The van der Waals surface area contributed by atoms with Crippen LogP contribution in [0.3, 0.4) is 0 Å². The van der Waals surface area contributed by atoms with Crippen LogP contribution in [0.4, 0.5) is 19.0 Å². The fourth-order valence-electron chi connectivity index (χ4n) is 8.73. The predicted molar refractivity (Wildman–Crippen MR) is 185 cm³/mol. The van der Waals surface area contributed by atoms with Crippen LogP contribution in [0.1, 0.15) is 70.9 Å². The largest absolute Gasteiger partial charge is 0.461 e. The Bertz CT molecular complexity index is 1780. The molecule has 13 heteroatoms. The number of carbonyl (C=O) groups excluding carboxylic acids is 2. The molecule has 0 spiro atoms. The average molecular weight is 715 g/mol. The number of ketones is 1. The number of hydrazone groups is 1. The van der Waals surface area contributed by atoms with Crippen LogP contribution in [0.15, 0.2) is 58.6 Å². The zero-order valence-corrected chi connectivity index (χ0v) is 29.6. The van der Waals surface area contributed by atoms with E-state index in [4.69, 9.17) is 4.74 Å². The quantitative estimate of drug-likeness (QED) is 0.0601. The number of thiophene rings is 1. The predicted octanol–water partition coefficient (Wildman–Crippen LogP) is 8.15. The number of nitrogens with one attached hydrogen (secondary N) is 1. The normalized spacial score (nSPS) is 33.2. The highest BCUT2D eigenvalue weighted by atomic mass is 32.2. The first-order chi connectivity index (χ1) is 23.1. The van der Waals surface area contributed by atoms with Gasteiger partial charge < -0.3 is 9.84 Å². The summed E-state index contributed by atoms with van der Waals surface area (Å²) in [4.78, 5) is 37.1. The summed E-state index contributed by atoms with van der Waals surface area (Å²) in [5, 5.41) is 18.8. The van der Waals surface area contributed by atoms with Gasteiger partial charge in [0.2, 0.25) is 0 Å². The van der Waals surface area contributed by atoms with Crippen molar-refractivity contribution in [1.82, 2.24) is 9.97 Å². The number of anilines is 1. The molecule has 49 heavy (non-hydrogen) atoms. The summed E-state index contributed by atoms with van der Waals surface area (Å²) in [6.45, 7) is 12.4. The minimum absolute atomic E-state index is 0.0837. The van der Waals surface area contributed by atoms with Crippen LogP contribution >= 0.6 is 23.1 Å². The molecule has 0 radical (unpaired) electrons. The molecular formula is C36H41F3N4O4S2. The van der Waals surface area contributed by atoms with Gasteiger partial charge >= 0.3 is 12.1 Å². The van der Waals surface area contributed by atoms with Crippen LogP contribution in [-0.2, 0) is 20.5 Å². The van der Waals surface area contributed by atoms with E-state index in [1.807, 2.05) is 18.4 Å². The molecule has 2 heterocycles. The van der Waals surface area contributed by atoms with Crippen LogP contribution in [-0.4, -0.2) is 51.0 Å². The van der Waals surface area contributed by atoms with E-state index in [0.717, 1.165) is 43.2 Å². The maximum atomic E-state index is 13.7. The average Bonchev–Trinajstić information content (AvgIpc) is 3.69. The Hall–Kier alpha value is -3.29. The maximum Gasteiger partial charge on any atom is 0.416 e. The van der Waals surface area contributed by atoms with E-state index >= 15 is 0 Å². The Morgan fingerprint density at radius 3 is 2.63 bits per heavy atom.